The Labute approximate surface area is 271 Å². The minimum absolute atomic E-state index is 0. The molecule has 3 aromatic carbocycles. The summed E-state index contributed by atoms with van der Waals surface area (Å²) in [4.78, 5) is 1.35. The molecule has 39 heavy (non-hydrogen) atoms. The lowest BCUT2D eigenvalue weighted by molar-refractivity contribution is -0.873. The van der Waals surface area contributed by atoms with E-state index >= 15 is 0 Å². The minimum Gasteiger partial charge on any atom is -1.00 e. The van der Waals surface area contributed by atoms with Crippen LogP contribution >= 0.6 is 11.8 Å². The summed E-state index contributed by atoms with van der Waals surface area (Å²) in [6, 6.07) is 29.1. The molecule has 1 aromatic heterocycles. The van der Waals surface area contributed by atoms with Crippen molar-refractivity contribution in [3.8, 4) is 0 Å². The van der Waals surface area contributed by atoms with Crippen molar-refractivity contribution in [3.05, 3.63) is 107 Å². The molecule has 0 fully saturated rings. The van der Waals surface area contributed by atoms with Crippen molar-refractivity contribution in [2.24, 2.45) is 0 Å². The maximum atomic E-state index is 3.84. The molecule has 2 aliphatic rings. The third-order valence-corrected chi connectivity index (χ3v) is 9.13. The molecule has 4 aromatic rings. The lowest BCUT2D eigenvalue weighted by Gasteiger charge is -2.23. The highest BCUT2D eigenvalue weighted by molar-refractivity contribution is 8.00. The zero-order valence-electron chi connectivity index (χ0n) is 23.1. The first kappa shape index (κ1) is 30.3. The van der Waals surface area contributed by atoms with Crippen LogP contribution in [0.5, 0.6) is 0 Å². The maximum Gasteiger partial charge on any atom is 0.212 e. The molecule has 1 aliphatic carbocycles. The molecular weight excluding hydrogens is 724 g/mol. The van der Waals surface area contributed by atoms with Crippen LogP contribution in [0.2, 0.25) is 0 Å². The largest absolute Gasteiger partial charge is 1.00 e. The highest BCUT2D eigenvalue weighted by Crippen LogP contribution is 2.51. The number of rotatable bonds is 7. The normalized spacial score (nSPS) is 17.7. The molecule has 0 bridgehead atoms. The number of fused-ring (bicyclic) bond motifs is 3. The number of nitrogens with one attached hydrogen (secondary N) is 1. The van der Waals surface area contributed by atoms with Gasteiger partial charge in [0, 0.05) is 34.0 Å². The summed E-state index contributed by atoms with van der Waals surface area (Å²) in [5.74, 6) is 0.368. The first-order valence-electron chi connectivity index (χ1n) is 13.4. The van der Waals surface area contributed by atoms with Crippen LogP contribution in [-0.2, 0) is 13.0 Å². The van der Waals surface area contributed by atoms with E-state index < -0.39 is 0 Å². The highest BCUT2D eigenvalue weighted by Gasteiger charge is 2.37. The van der Waals surface area contributed by atoms with Crippen LogP contribution < -0.4 is 57.8 Å². The van der Waals surface area contributed by atoms with Crippen molar-refractivity contribution in [1.29, 1.82) is 0 Å². The number of anilines is 1. The van der Waals surface area contributed by atoms with Crippen LogP contribution in [0.1, 0.15) is 36.0 Å². The predicted molar refractivity (Wildman–Crippen MR) is 157 cm³/mol. The number of pyridine rings is 1. The van der Waals surface area contributed by atoms with Gasteiger partial charge in [0.15, 0.2) is 12.7 Å². The molecule has 0 radical (unpaired) electrons. The molecule has 0 saturated heterocycles. The van der Waals surface area contributed by atoms with Gasteiger partial charge in [0.1, 0.15) is 0 Å². The SMILES string of the molecule is CC1=C(C2Nc3ccccc3S2)C(Cc2cc[n+](CCC[N+](C)(C)C)c3ccccc23)c2ccccc21.[I-].[I-]. The van der Waals surface area contributed by atoms with E-state index in [0.717, 1.165) is 17.4 Å². The predicted octanol–water partition coefficient (Wildman–Crippen LogP) is 0.889. The van der Waals surface area contributed by atoms with Crippen LogP contribution in [-0.4, -0.2) is 37.5 Å². The van der Waals surface area contributed by atoms with Gasteiger partial charge in [0.05, 0.1) is 39.5 Å². The number of para-hydroxylation sites is 2. The smallest absolute Gasteiger partial charge is 0.212 e. The second-order valence-electron chi connectivity index (χ2n) is 11.5. The fourth-order valence-electron chi connectivity index (χ4n) is 6.11. The molecule has 2 atom stereocenters. The third kappa shape index (κ3) is 6.19. The van der Waals surface area contributed by atoms with E-state index in [1.807, 2.05) is 11.8 Å². The van der Waals surface area contributed by atoms with E-state index in [9.17, 15) is 0 Å². The topological polar surface area (TPSA) is 15.9 Å². The maximum absolute atomic E-state index is 3.84. The summed E-state index contributed by atoms with van der Waals surface area (Å²) < 4.78 is 3.45. The summed E-state index contributed by atoms with van der Waals surface area (Å²) in [6.07, 6.45) is 4.51. The van der Waals surface area contributed by atoms with Crippen LogP contribution in [0.25, 0.3) is 16.5 Å². The quantitative estimate of drug-likeness (QED) is 0.171. The molecule has 2 unspecified atom stereocenters. The molecule has 3 nitrogen and oxygen atoms in total. The summed E-state index contributed by atoms with van der Waals surface area (Å²) in [7, 11) is 6.82. The van der Waals surface area contributed by atoms with Crippen molar-refractivity contribution in [1.82, 2.24) is 0 Å². The van der Waals surface area contributed by atoms with Crippen molar-refractivity contribution in [2.45, 2.75) is 42.5 Å². The lowest BCUT2D eigenvalue weighted by Crippen LogP contribution is -3.00. The molecule has 204 valence electrons. The molecule has 2 heterocycles. The van der Waals surface area contributed by atoms with Gasteiger partial charge in [-0.1, -0.05) is 60.3 Å². The number of hydrogen-bond donors (Lipinski definition) is 1. The van der Waals surface area contributed by atoms with Gasteiger partial charge >= 0.3 is 0 Å². The average molecular weight is 762 g/mol. The first-order chi connectivity index (χ1) is 17.9. The number of halogens is 2. The Morgan fingerprint density at radius 2 is 1.59 bits per heavy atom. The van der Waals surface area contributed by atoms with Gasteiger partial charge in [0.2, 0.25) is 5.52 Å². The fourth-order valence-corrected chi connectivity index (χ4v) is 7.43. The Morgan fingerprint density at radius 3 is 2.38 bits per heavy atom. The van der Waals surface area contributed by atoms with Crippen molar-refractivity contribution >= 4 is 33.9 Å². The van der Waals surface area contributed by atoms with E-state index in [1.54, 1.807) is 0 Å². The van der Waals surface area contributed by atoms with Gasteiger partial charge in [0.25, 0.3) is 0 Å². The number of quaternary nitrogens is 1. The zero-order valence-corrected chi connectivity index (χ0v) is 28.3. The van der Waals surface area contributed by atoms with Gasteiger partial charge in [-0.25, -0.2) is 0 Å². The Morgan fingerprint density at radius 1 is 0.872 bits per heavy atom. The van der Waals surface area contributed by atoms with E-state index in [0.29, 0.717) is 5.92 Å². The molecule has 6 rings (SSSR count). The lowest BCUT2D eigenvalue weighted by atomic mass is 9.87. The third-order valence-electron chi connectivity index (χ3n) is 7.92. The molecular formula is C33H37I2N3S. The van der Waals surface area contributed by atoms with E-state index in [-0.39, 0.29) is 53.3 Å². The van der Waals surface area contributed by atoms with E-state index in [1.165, 1.54) is 62.3 Å². The molecule has 6 heteroatoms. The first-order valence-corrected chi connectivity index (χ1v) is 14.3. The second-order valence-corrected chi connectivity index (χ2v) is 12.6. The Hall–Kier alpha value is -1.62. The fraction of sp³-hybridized carbons (Fsp3) is 0.303. The van der Waals surface area contributed by atoms with E-state index in [2.05, 4.69) is 123 Å². The minimum atomic E-state index is 0. The van der Waals surface area contributed by atoms with Crippen LogP contribution in [0.4, 0.5) is 5.69 Å². The van der Waals surface area contributed by atoms with Gasteiger partial charge in [-0.2, -0.15) is 4.57 Å². The molecule has 0 saturated carbocycles. The van der Waals surface area contributed by atoms with Crippen LogP contribution in [0, 0.1) is 0 Å². The van der Waals surface area contributed by atoms with Gasteiger partial charge in [-0.3, -0.25) is 0 Å². The summed E-state index contributed by atoms with van der Waals surface area (Å²) in [6.45, 7) is 4.54. The van der Waals surface area contributed by atoms with E-state index in [4.69, 9.17) is 0 Å². The Kier molecular flexibility index (Phi) is 9.72. The Bertz CT molecular complexity index is 1480. The number of benzene rings is 3. The summed E-state index contributed by atoms with van der Waals surface area (Å²) >= 11 is 1.96. The zero-order chi connectivity index (χ0) is 25.6. The molecule has 0 spiro atoms. The van der Waals surface area contributed by atoms with Crippen molar-refractivity contribution < 1.29 is 57.0 Å². The number of allylic oxidation sites excluding steroid dienone is 1. The van der Waals surface area contributed by atoms with Crippen molar-refractivity contribution in [2.75, 3.05) is 33.0 Å². The van der Waals surface area contributed by atoms with Crippen LogP contribution in [0.15, 0.2) is 95.5 Å². The number of aryl methyl sites for hydroxylation is 1. The Balaban J connectivity index is 0.00000176. The standard InChI is InChI=1S/C33H37N3S.2HI/c1-23-25-12-5-6-14-27(25)28(32(23)33-34-29-15-8-10-17-31(29)37-33)22-24-18-20-35(19-11-21-36(2,3)4)30-16-9-7-13-26(24)30;;/h5-10,12-18,20,28,33-34H,11,19,21-22H2,1-4H3;2*1H/q+2;;/p-2. The van der Waals surface area contributed by atoms with Crippen LogP contribution in [0.3, 0.4) is 0 Å². The van der Waals surface area contributed by atoms with Gasteiger partial charge < -0.3 is 57.8 Å². The molecule has 1 aliphatic heterocycles. The summed E-state index contributed by atoms with van der Waals surface area (Å²) in [5, 5.41) is 5.49. The second kappa shape index (κ2) is 12.5. The van der Waals surface area contributed by atoms with Gasteiger partial charge in [-0.05, 0) is 59.4 Å². The number of nitrogens with zero attached hydrogens (tertiary/aromatic N) is 2. The van der Waals surface area contributed by atoms with Crippen molar-refractivity contribution in [3.63, 3.8) is 0 Å². The number of aromatic nitrogens is 1. The summed E-state index contributed by atoms with van der Waals surface area (Å²) in [5.41, 5.74) is 9.89. The number of hydrogen-bond acceptors (Lipinski definition) is 2. The molecule has 1 N–H and O–H groups in total. The molecule has 0 amide bonds. The number of thioether (sulfide) groups is 1. The van der Waals surface area contributed by atoms with Gasteiger partial charge in [-0.15, -0.1) is 0 Å². The monoisotopic (exact) mass is 761 g/mol. The highest BCUT2D eigenvalue weighted by atomic mass is 127. The average Bonchev–Trinajstić information content (AvgIpc) is 3.43.